The molecule has 6 heteroatoms. The van der Waals surface area contributed by atoms with E-state index in [0.29, 0.717) is 25.3 Å². The quantitative estimate of drug-likeness (QED) is 0.861. The zero-order valence-electron chi connectivity index (χ0n) is 9.87. The Morgan fingerprint density at radius 2 is 2.39 bits per heavy atom. The molecule has 1 amide bonds. The van der Waals surface area contributed by atoms with E-state index in [9.17, 15) is 9.59 Å². The summed E-state index contributed by atoms with van der Waals surface area (Å²) in [5, 5.41) is 11.0. The van der Waals surface area contributed by atoms with Crippen LogP contribution < -0.4 is 0 Å². The normalized spacial score (nSPS) is 19.8. The molecular weight excluding hydrogens is 270 g/mol. The highest BCUT2D eigenvalue weighted by Crippen LogP contribution is 2.24. The zero-order chi connectivity index (χ0) is 13.0. The van der Waals surface area contributed by atoms with Crippen LogP contribution in [-0.2, 0) is 9.59 Å². The number of carbonyl (C=O) groups is 2. The molecule has 0 aliphatic carbocycles. The van der Waals surface area contributed by atoms with Crippen molar-refractivity contribution < 1.29 is 14.7 Å². The molecule has 1 saturated heterocycles. The Balaban J connectivity index is 1.83. The standard InChI is InChI=1S/C12H15NO3S2/c14-10(8-18-11-4-2-6-17-11)13-5-1-3-9(7-13)12(15)16/h2,4,6,9H,1,3,5,7-8H2,(H,15,16)/t9-/m1/s1. The maximum atomic E-state index is 12.0. The maximum absolute atomic E-state index is 12.0. The van der Waals surface area contributed by atoms with Gasteiger partial charge < -0.3 is 10.0 Å². The Labute approximate surface area is 114 Å². The van der Waals surface area contributed by atoms with Gasteiger partial charge in [-0.15, -0.1) is 23.1 Å². The molecular formula is C12H15NO3S2. The van der Waals surface area contributed by atoms with Gasteiger partial charge in [-0.1, -0.05) is 6.07 Å². The smallest absolute Gasteiger partial charge is 0.308 e. The van der Waals surface area contributed by atoms with Crippen LogP contribution in [0.4, 0.5) is 0 Å². The van der Waals surface area contributed by atoms with Crippen LogP contribution in [0.5, 0.6) is 0 Å². The minimum absolute atomic E-state index is 0.0411. The SMILES string of the molecule is O=C(O)[C@@H]1CCCN(C(=O)CSc2cccs2)C1. The first kappa shape index (κ1) is 13.4. The number of hydrogen-bond acceptors (Lipinski definition) is 4. The van der Waals surface area contributed by atoms with Crippen LogP contribution in [0.3, 0.4) is 0 Å². The summed E-state index contributed by atoms with van der Waals surface area (Å²) in [7, 11) is 0. The van der Waals surface area contributed by atoms with Crippen molar-refractivity contribution in [3.8, 4) is 0 Å². The molecule has 1 aliphatic rings. The third kappa shape index (κ3) is 3.49. The number of piperidine rings is 1. The minimum atomic E-state index is -0.793. The first-order valence-corrected chi connectivity index (χ1v) is 7.70. The number of likely N-dealkylation sites (tertiary alicyclic amines) is 1. The number of carbonyl (C=O) groups excluding carboxylic acids is 1. The lowest BCUT2D eigenvalue weighted by molar-refractivity contribution is -0.145. The molecule has 1 atom stereocenters. The van der Waals surface area contributed by atoms with Crippen LogP contribution in [0.1, 0.15) is 12.8 Å². The molecule has 4 nitrogen and oxygen atoms in total. The first-order chi connectivity index (χ1) is 8.66. The van der Waals surface area contributed by atoms with E-state index in [-0.39, 0.29) is 5.91 Å². The molecule has 0 spiro atoms. The second kappa shape index (κ2) is 6.24. The van der Waals surface area contributed by atoms with E-state index in [1.165, 1.54) is 11.8 Å². The number of aliphatic carboxylic acids is 1. The monoisotopic (exact) mass is 285 g/mol. The highest BCUT2D eigenvalue weighted by atomic mass is 32.2. The summed E-state index contributed by atoms with van der Waals surface area (Å²) in [4.78, 5) is 24.6. The molecule has 0 radical (unpaired) electrons. The van der Waals surface area contributed by atoms with Crippen molar-refractivity contribution in [1.29, 1.82) is 0 Å². The van der Waals surface area contributed by atoms with E-state index in [0.717, 1.165) is 10.6 Å². The van der Waals surface area contributed by atoms with Crippen LogP contribution in [0, 0.1) is 5.92 Å². The van der Waals surface area contributed by atoms with Crippen LogP contribution >= 0.6 is 23.1 Å². The molecule has 0 unspecified atom stereocenters. The van der Waals surface area contributed by atoms with E-state index in [1.54, 1.807) is 16.2 Å². The summed E-state index contributed by atoms with van der Waals surface area (Å²) < 4.78 is 1.12. The Bertz CT molecular complexity index is 419. The van der Waals surface area contributed by atoms with Gasteiger partial charge in [-0.25, -0.2) is 0 Å². The summed E-state index contributed by atoms with van der Waals surface area (Å²) in [5.74, 6) is -0.750. The lowest BCUT2D eigenvalue weighted by atomic mass is 9.98. The second-order valence-corrected chi connectivity index (χ2v) is 6.46. The molecule has 1 aromatic heterocycles. The highest BCUT2D eigenvalue weighted by molar-refractivity contribution is 8.01. The number of rotatable bonds is 4. The number of carboxylic acid groups (broad SMARTS) is 1. The lowest BCUT2D eigenvalue weighted by Crippen LogP contribution is -2.43. The number of thiophene rings is 1. The molecule has 1 aliphatic heterocycles. The molecule has 98 valence electrons. The van der Waals surface area contributed by atoms with Gasteiger partial charge in [-0.2, -0.15) is 0 Å². The maximum Gasteiger partial charge on any atom is 0.308 e. The summed E-state index contributed by atoms with van der Waals surface area (Å²) in [5.41, 5.74) is 0. The molecule has 0 aromatic carbocycles. The Kier molecular flexibility index (Phi) is 4.66. The molecule has 18 heavy (non-hydrogen) atoms. The Morgan fingerprint density at radius 3 is 3.06 bits per heavy atom. The van der Waals surface area contributed by atoms with E-state index in [4.69, 9.17) is 5.11 Å². The largest absolute Gasteiger partial charge is 0.481 e. The van der Waals surface area contributed by atoms with Crippen molar-refractivity contribution in [2.75, 3.05) is 18.8 Å². The van der Waals surface area contributed by atoms with Crippen molar-refractivity contribution in [3.05, 3.63) is 17.5 Å². The fourth-order valence-electron chi connectivity index (χ4n) is 1.98. The van der Waals surface area contributed by atoms with Crippen LogP contribution in [0.15, 0.2) is 21.7 Å². The van der Waals surface area contributed by atoms with Crippen molar-refractivity contribution in [2.24, 2.45) is 5.92 Å². The number of nitrogens with zero attached hydrogens (tertiary/aromatic N) is 1. The van der Waals surface area contributed by atoms with E-state index < -0.39 is 11.9 Å². The molecule has 1 N–H and O–H groups in total. The number of thioether (sulfide) groups is 1. The Hall–Kier alpha value is -1.01. The number of carboxylic acids is 1. The van der Waals surface area contributed by atoms with Gasteiger partial charge in [0.25, 0.3) is 0 Å². The average Bonchev–Trinajstić information content (AvgIpc) is 2.89. The first-order valence-electron chi connectivity index (χ1n) is 5.83. The fraction of sp³-hybridized carbons (Fsp3) is 0.500. The van der Waals surface area contributed by atoms with Crippen molar-refractivity contribution in [2.45, 2.75) is 17.1 Å². The van der Waals surface area contributed by atoms with E-state index in [2.05, 4.69) is 0 Å². The lowest BCUT2D eigenvalue weighted by Gasteiger charge is -2.30. The predicted molar refractivity (Wildman–Crippen MR) is 72.0 cm³/mol. The summed E-state index contributed by atoms with van der Waals surface area (Å²) in [6.07, 6.45) is 1.46. The van der Waals surface area contributed by atoms with E-state index in [1.807, 2.05) is 17.5 Å². The van der Waals surface area contributed by atoms with Crippen LogP contribution in [-0.4, -0.2) is 40.7 Å². The average molecular weight is 285 g/mol. The Morgan fingerprint density at radius 1 is 1.56 bits per heavy atom. The second-order valence-electron chi connectivity index (χ2n) is 4.24. The molecule has 2 rings (SSSR count). The molecule has 2 heterocycles. The highest BCUT2D eigenvalue weighted by Gasteiger charge is 2.27. The van der Waals surface area contributed by atoms with Crippen LogP contribution in [0.25, 0.3) is 0 Å². The van der Waals surface area contributed by atoms with Gasteiger partial charge in [-0.3, -0.25) is 9.59 Å². The van der Waals surface area contributed by atoms with Gasteiger partial charge >= 0.3 is 5.97 Å². The van der Waals surface area contributed by atoms with Crippen molar-refractivity contribution in [3.63, 3.8) is 0 Å². The molecule has 1 aromatic rings. The molecule has 1 fully saturated rings. The fourth-order valence-corrected chi connectivity index (χ4v) is 3.66. The van der Waals surface area contributed by atoms with Gasteiger partial charge in [0.2, 0.25) is 5.91 Å². The van der Waals surface area contributed by atoms with Gasteiger partial charge in [0.15, 0.2) is 0 Å². The summed E-state index contributed by atoms with van der Waals surface area (Å²) >= 11 is 3.13. The zero-order valence-corrected chi connectivity index (χ0v) is 11.5. The predicted octanol–water partition coefficient (Wildman–Crippen LogP) is 2.16. The third-order valence-corrected chi connectivity index (χ3v) is 5.07. The number of hydrogen-bond donors (Lipinski definition) is 1. The molecule has 0 saturated carbocycles. The summed E-state index contributed by atoms with van der Waals surface area (Å²) in [6.45, 7) is 1.05. The van der Waals surface area contributed by atoms with Gasteiger partial charge in [0.05, 0.1) is 15.9 Å². The van der Waals surface area contributed by atoms with Crippen molar-refractivity contribution >= 4 is 35.0 Å². The summed E-state index contributed by atoms with van der Waals surface area (Å²) in [6, 6.07) is 3.94. The topological polar surface area (TPSA) is 57.6 Å². The van der Waals surface area contributed by atoms with Crippen molar-refractivity contribution in [1.82, 2.24) is 4.90 Å². The van der Waals surface area contributed by atoms with Gasteiger partial charge in [-0.05, 0) is 24.3 Å². The van der Waals surface area contributed by atoms with Crippen LogP contribution in [0.2, 0.25) is 0 Å². The molecule has 0 bridgehead atoms. The van der Waals surface area contributed by atoms with Gasteiger partial charge in [0, 0.05) is 13.1 Å². The van der Waals surface area contributed by atoms with Gasteiger partial charge in [0.1, 0.15) is 0 Å². The number of amides is 1. The third-order valence-electron chi connectivity index (χ3n) is 2.96. The minimum Gasteiger partial charge on any atom is -0.481 e. The van der Waals surface area contributed by atoms with E-state index >= 15 is 0 Å².